The van der Waals surface area contributed by atoms with Crippen LogP contribution in [0.1, 0.15) is 41.6 Å². The number of ether oxygens (including phenoxy) is 1. The standard InChI is InChI=1S/C28H20Cl2N2O6S/c1-3-37-27(36)23-14(2)31-28-32(24(23)15-4-7-17(29)8-5-15)25(33)22(39-28)13-18-9-11-21(38-18)16-6-10-20(30)19(12-16)26(34)35/h4-13,24H,3H2,1-2H3,(H,34,35)/b22-13-/t24-/m0/s1. The Labute approximate surface area is 235 Å². The van der Waals surface area contributed by atoms with Crippen LogP contribution in [0.3, 0.4) is 0 Å². The highest BCUT2D eigenvalue weighted by Gasteiger charge is 2.33. The number of nitrogens with zero attached hydrogens (tertiary/aromatic N) is 2. The molecule has 5 rings (SSSR count). The Balaban J connectivity index is 1.61. The predicted molar refractivity (Wildman–Crippen MR) is 148 cm³/mol. The molecule has 0 radical (unpaired) electrons. The summed E-state index contributed by atoms with van der Waals surface area (Å²) in [5, 5.41) is 10.0. The number of carbonyl (C=O) groups excluding carboxylic acids is 1. The van der Waals surface area contributed by atoms with E-state index >= 15 is 0 Å². The average molecular weight is 583 g/mol. The number of carbonyl (C=O) groups is 2. The lowest BCUT2D eigenvalue weighted by atomic mass is 9.96. The van der Waals surface area contributed by atoms with Gasteiger partial charge in [0.15, 0.2) is 4.80 Å². The molecular weight excluding hydrogens is 563 g/mol. The van der Waals surface area contributed by atoms with Crippen molar-refractivity contribution in [3.05, 3.63) is 112 Å². The van der Waals surface area contributed by atoms with Crippen LogP contribution in [0.2, 0.25) is 10.0 Å². The molecule has 2 aromatic heterocycles. The second kappa shape index (κ2) is 10.7. The van der Waals surface area contributed by atoms with Gasteiger partial charge in [0.1, 0.15) is 11.5 Å². The number of halogens is 2. The number of fused-ring (bicyclic) bond motifs is 1. The summed E-state index contributed by atoms with van der Waals surface area (Å²) in [5.41, 5.74) is 1.53. The number of thiazole rings is 1. The molecule has 0 saturated heterocycles. The zero-order valence-corrected chi connectivity index (χ0v) is 22.9. The number of esters is 1. The van der Waals surface area contributed by atoms with Crippen LogP contribution in [0.15, 0.2) is 80.1 Å². The summed E-state index contributed by atoms with van der Waals surface area (Å²) in [7, 11) is 0. The fraction of sp³-hybridized carbons (Fsp3) is 0.143. The predicted octanol–water partition coefficient (Wildman–Crippen LogP) is 5.06. The molecule has 39 heavy (non-hydrogen) atoms. The van der Waals surface area contributed by atoms with Crippen molar-refractivity contribution >= 4 is 52.6 Å². The van der Waals surface area contributed by atoms with E-state index in [4.69, 9.17) is 32.4 Å². The summed E-state index contributed by atoms with van der Waals surface area (Å²) >= 11 is 13.2. The Morgan fingerprint density at radius 2 is 1.90 bits per heavy atom. The molecule has 8 nitrogen and oxygen atoms in total. The van der Waals surface area contributed by atoms with E-state index < -0.39 is 18.0 Å². The van der Waals surface area contributed by atoms with E-state index in [1.54, 1.807) is 62.4 Å². The summed E-state index contributed by atoms with van der Waals surface area (Å²) < 4.78 is 13.0. The van der Waals surface area contributed by atoms with Crippen molar-refractivity contribution < 1.29 is 23.8 Å². The summed E-state index contributed by atoms with van der Waals surface area (Å²) in [6.07, 6.45) is 1.59. The smallest absolute Gasteiger partial charge is 0.338 e. The maximum absolute atomic E-state index is 13.7. The van der Waals surface area contributed by atoms with Crippen molar-refractivity contribution in [2.45, 2.75) is 19.9 Å². The Hall–Kier alpha value is -3.92. The fourth-order valence-corrected chi connectivity index (χ4v) is 5.66. The Morgan fingerprint density at radius 1 is 1.15 bits per heavy atom. The zero-order chi connectivity index (χ0) is 27.8. The van der Waals surface area contributed by atoms with Crippen molar-refractivity contribution in [3.63, 3.8) is 0 Å². The lowest BCUT2D eigenvalue weighted by Gasteiger charge is -2.24. The van der Waals surface area contributed by atoms with E-state index in [1.807, 2.05) is 0 Å². The van der Waals surface area contributed by atoms with Crippen molar-refractivity contribution in [2.75, 3.05) is 6.61 Å². The minimum absolute atomic E-state index is 0.0459. The third-order valence-corrected chi connectivity index (χ3v) is 7.65. The molecule has 0 amide bonds. The molecule has 1 atom stereocenters. The first-order valence-electron chi connectivity index (χ1n) is 11.8. The highest BCUT2D eigenvalue weighted by Crippen LogP contribution is 2.31. The quantitative estimate of drug-likeness (QED) is 0.318. The van der Waals surface area contributed by atoms with Crippen LogP contribution in [0, 0.1) is 0 Å². The molecule has 1 N–H and O–H groups in total. The number of hydrogen-bond donors (Lipinski definition) is 1. The third-order valence-electron chi connectivity index (χ3n) is 6.08. The molecule has 11 heteroatoms. The molecule has 0 aliphatic carbocycles. The van der Waals surface area contributed by atoms with Gasteiger partial charge in [-0.2, -0.15) is 0 Å². The van der Waals surface area contributed by atoms with Gasteiger partial charge in [-0.05, 0) is 61.9 Å². The molecule has 1 aliphatic rings. The summed E-state index contributed by atoms with van der Waals surface area (Å²) in [4.78, 5) is 43.1. The molecule has 0 bridgehead atoms. The van der Waals surface area contributed by atoms with Gasteiger partial charge in [-0.3, -0.25) is 9.36 Å². The topological polar surface area (TPSA) is 111 Å². The van der Waals surface area contributed by atoms with Crippen molar-refractivity contribution in [1.82, 2.24) is 4.57 Å². The molecule has 0 saturated carbocycles. The number of allylic oxidation sites excluding steroid dienone is 1. The number of benzene rings is 2. The first-order chi connectivity index (χ1) is 18.7. The van der Waals surface area contributed by atoms with Gasteiger partial charge in [-0.25, -0.2) is 14.6 Å². The number of carboxylic acids is 1. The van der Waals surface area contributed by atoms with Crippen LogP contribution < -0.4 is 14.9 Å². The van der Waals surface area contributed by atoms with Crippen molar-refractivity contribution in [3.8, 4) is 11.3 Å². The van der Waals surface area contributed by atoms with Crippen LogP contribution in [0.25, 0.3) is 17.4 Å². The maximum Gasteiger partial charge on any atom is 0.338 e. The molecule has 0 fully saturated rings. The highest BCUT2D eigenvalue weighted by molar-refractivity contribution is 7.07. The molecule has 1 aliphatic heterocycles. The lowest BCUT2D eigenvalue weighted by molar-refractivity contribution is -0.139. The summed E-state index contributed by atoms with van der Waals surface area (Å²) in [5.74, 6) is -0.908. The van der Waals surface area contributed by atoms with Gasteiger partial charge in [0.2, 0.25) is 0 Å². The minimum Gasteiger partial charge on any atom is -0.478 e. The van der Waals surface area contributed by atoms with Crippen LogP contribution in [0.4, 0.5) is 0 Å². The molecule has 4 aromatic rings. The SMILES string of the molecule is CCOC(=O)C1=C(C)N=c2s/c(=C\c3ccc(-c4ccc(Cl)c(C(=O)O)c4)o3)c(=O)n2[C@H]1c1ccc(Cl)cc1. The van der Waals surface area contributed by atoms with Crippen molar-refractivity contribution in [2.24, 2.45) is 4.99 Å². The molecule has 0 unspecified atom stereocenters. The van der Waals surface area contributed by atoms with Crippen molar-refractivity contribution in [1.29, 1.82) is 0 Å². The van der Waals surface area contributed by atoms with Gasteiger partial charge >= 0.3 is 11.9 Å². The number of hydrogen-bond acceptors (Lipinski definition) is 7. The molecule has 3 heterocycles. The third kappa shape index (κ3) is 5.08. The zero-order valence-electron chi connectivity index (χ0n) is 20.6. The van der Waals surface area contributed by atoms with E-state index in [1.165, 1.54) is 16.7 Å². The van der Waals surface area contributed by atoms with Gasteiger partial charge in [0.05, 0.1) is 39.0 Å². The molecular formula is C28H20Cl2N2O6S. The Bertz CT molecular complexity index is 1830. The monoisotopic (exact) mass is 582 g/mol. The number of carboxylic acid groups (broad SMARTS) is 1. The van der Waals surface area contributed by atoms with Crippen LogP contribution in [-0.2, 0) is 9.53 Å². The van der Waals surface area contributed by atoms with Crippen LogP contribution in [-0.4, -0.2) is 28.2 Å². The molecule has 198 valence electrons. The van der Waals surface area contributed by atoms with Gasteiger partial charge in [-0.1, -0.05) is 46.7 Å². The fourth-order valence-electron chi connectivity index (χ4n) is 4.31. The number of furan rings is 1. The van der Waals surface area contributed by atoms with E-state index in [0.29, 0.717) is 42.7 Å². The van der Waals surface area contributed by atoms with Gasteiger partial charge in [0.25, 0.3) is 5.56 Å². The average Bonchev–Trinajstić information content (AvgIpc) is 3.48. The molecule has 0 spiro atoms. The maximum atomic E-state index is 13.7. The van der Waals surface area contributed by atoms with Gasteiger partial charge in [0, 0.05) is 16.7 Å². The Morgan fingerprint density at radius 3 is 2.59 bits per heavy atom. The van der Waals surface area contributed by atoms with Gasteiger partial charge < -0.3 is 14.3 Å². The summed E-state index contributed by atoms with van der Waals surface area (Å²) in [6, 6.07) is 14.1. The molecule has 2 aromatic carbocycles. The van der Waals surface area contributed by atoms with Crippen LogP contribution in [0.5, 0.6) is 0 Å². The Kier molecular flexibility index (Phi) is 7.31. The number of aromatic carboxylic acids is 1. The largest absolute Gasteiger partial charge is 0.478 e. The summed E-state index contributed by atoms with van der Waals surface area (Å²) in [6.45, 7) is 3.60. The first-order valence-corrected chi connectivity index (χ1v) is 13.3. The van der Waals surface area contributed by atoms with E-state index in [0.717, 1.165) is 11.3 Å². The van der Waals surface area contributed by atoms with Gasteiger partial charge in [-0.15, -0.1) is 0 Å². The highest BCUT2D eigenvalue weighted by atomic mass is 35.5. The minimum atomic E-state index is -1.15. The lowest BCUT2D eigenvalue weighted by Crippen LogP contribution is -2.39. The van der Waals surface area contributed by atoms with E-state index in [2.05, 4.69) is 4.99 Å². The number of rotatable bonds is 6. The first kappa shape index (κ1) is 26.7. The normalized spacial score (nSPS) is 15.2. The second-order valence-electron chi connectivity index (χ2n) is 8.56. The second-order valence-corrected chi connectivity index (χ2v) is 10.4. The number of aromatic nitrogens is 1. The van der Waals surface area contributed by atoms with E-state index in [-0.39, 0.29) is 28.3 Å². The van der Waals surface area contributed by atoms with Crippen LogP contribution >= 0.6 is 34.5 Å². The van der Waals surface area contributed by atoms with E-state index in [9.17, 15) is 19.5 Å².